The number of aliphatic carboxylic acids is 1. The number of carboxylic acid groups (broad SMARTS) is 1. The van der Waals surface area contributed by atoms with Crippen LogP contribution in [0.1, 0.15) is 13.3 Å². The van der Waals surface area contributed by atoms with Gasteiger partial charge in [0.15, 0.2) is 5.82 Å². The monoisotopic (exact) mass is 262 g/mol. The molecular weight excluding hydrogens is 248 g/mol. The van der Waals surface area contributed by atoms with Gasteiger partial charge in [-0.2, -0.15) is 0 Å². The largest absolute Gasteiger partial charge is 0.494 e. The standard InChI is InChI=1S/C12H14N4O3/c1-2-19-10-5-3-4-9(8-10)12-13-14-15-16(12)7-6-11(17)18/h3-5,8H,2,6-7H2,1H3,(H,17,18). The first-order valence-electron chi connectivity index (χ1n) is 5.92. The van der Waals surface area contributed by atoms with Crippen LogP contribution in [-0.4, -0.2) is 37.9 Å². The van der Waals surface area contributed by atoms with Gasteiger partial charge in [-0.3, -0.25) is 4.79 Å². The molecule has 0 saturated heterocycles. The van der Waals surface area contributed by atoms with E-state index in [2.05, 4.69) is 15.5 Å². The van der Waals surface area contributed by atoms with Gasteiger partial charge in [0.05, 0.1) is 19.6 Å². The van der Waals surface area contributed by atoms with Crippen LogP contribution in [0.3, 0.4) is 0 Å². The summed E-state index contributed by atoms with van der Waals surface area (Å²) in [6.07, 6.45) is -0.0246. The zero-order valence-corrected chi connectivity index (χ0v) is 10.5. The van der Waals surface area contributed by atoms with Crippen LogP contribution in [0.15, 0.2) is 24.3 Å². The maximum absolute atomic E-state index is 10.6. The molecule has 0 saturated carbocycles. The van der Waals surface area contributed by atoms with Crippen LogP contribution in [-0.2, 0) is 11.3 Å². The van der Waals surface area contributed by atoms with E-state index in [9.17, 15) is 4.79 Å². The van der Waals surface area contributed by atoms with Crippen LogP contribution in [0.25, 0.3) is 11.4 Å². The molecule has 1 heterocycles. The minimum atomic E-state index is -0.885. The van der Waals surface area contributed by atoms with E-state index in [1.54, 1.807) is 0 Å². The molecule has 2 rings (SSSR count). The average molecular weight is 262 g/mol. The Balaban J connectivity index is 2.23. The zero-order valence-electron chi connectivity index (χ0n) is 10.5. The van der Waals surface area contributed by atoms with E-state index in [0.717, 1.165) is 11.3 Å². The number of nitrogens with zero attached hydrogens (tertiary/aromatic N) is 4. The third-order valence-electron chi connectivity index (χ3n) is 2.47. The third kappa shape index (κ3) is 3.27. The summed E-state index contributed by atoms with van der Waals surface area (Å²) >= 11 is 0. The van der Waals surface area contributed by atoms with E-state index >= 15 is 0 Å². The van der Waals surface area contributed by atoms with Crippen molar-refractivity contribution in [3.05, 3.63) is 24.3 Å². The van der Waals surface area contributed by atoms with Crippen molar-refractivity contribution < 1.29 is 14.6 Å². The van der Waals surface area contributed by atoms with Gasteiger partial charge in [0.1, 0.15) is 5.75 Å². The first-order valence-corrected chi connectivity index (χ1v) is 5.92. The minimum absolute atomic E-state index is 0.0246. The minimum Gasteiger partial charge on any atom is -0.494 e. The Morgan fingerprint density at radius 3 is 3.05 bits per heavy atom. The maximum atomic E-state index is 10.6. The number of aromatic nitrogens is 4. The normalized spacial score (nSPS) is 10.4. The van der Waals surface area contributed by atoms with Crippen molar-refractivity contribution in [2.24, 2.45) is 0 Å². The van der Waals surface area contributed by atoms with Crippen molar-refractivity contribution in [2.45, 2.75) is 19.9 Å². The Morgan fingerprint density at radius 1 is 1.47 bits per heavy atom. The smallest absolute Gasteiger partial charge is 0.305 e. The van der Waals surface area contributed by atoms with E-state index in [1.807, 2.05) is 31.2 Å². The molecule has 0 aliphatic carbocycles. The van der Waals surface area contributed by atoms with Gasteiger partial charge in [0.25, 0.3) is 0 Å². The number of carboxylic acids is 1. The lowest BCUT2D eigenvalue weighted by molar-refractivity contribution is -0.137. The van der Waals surface area contributed by atoms with Crippen molar-refractivity contribution in [3.8, 4) is 17.1 Å². The van der Waals surface area contributed by atoms with Crippen LogP contribution in [0.4, 0.5) is 0 Å². The topological polar surface area (TPSA) is 90.1 Å². The molecule has 7 nitrogen and oxygen atoms in total. The van der Waals surface area contributed by atoms with Crippen molar-refractivity contribution in [1.82, 2.24) is 20.2 Å². The molecule has 0 bridgehead atoms. The third-order valence-corrected chi connectivity index (χ3v) is 2.47. The van der Waals surface area contributed by atoms with Gasteiger partial charge in [-0.1, -0.05) is 12.1 Å². The first-order chi connectivity index (χ1) is 9.20. The van der Waals surface area contributed by atoms with E-state index in [-0.39, 0.29) is 13.0 Å². The fourth-order valence-electron chi connectivity index (χ4n) is 1.66. The predicted octanol–water partition coefficient (Wildman–Crippen LogP) is 1.21. The number of hydrogen-bond donors (Lipinski definition) is 1. The fraction of sp³-hybridized carbons (Fsp3) is 0.333. The molecule has 0 spiro atoms. The second-order valence-corrected chi connectivity index (χ2v) is 3.83. The highest BCUT2D eigenvalue weighted by molar-refractivity contribution is 5.66. The van der Waals surface area contributed by atoms with Crippen molar-refractivity contribution in [3.63, 3.8) is 0 Å². The second kappa shape index (κ2) is 5.94. The number of aryl methyl sites for hydroxylation is 1. The number of hydrogen-bond acceptors (Lipinski definition) is 5. The predicted molar refractivity (Wildman–Crippen MR) is 66.7 cm³/mol. The molecule has 100 valence electrons. The molecule has 1 aromatic heterocycles. The molecule has 1 N–H and O–H groups in total. The molecular formula is C12H14N4O3. The number of ether oxygens (including phenoxy) is 1. The highest BCUT2D eigenvalue weighted by atomic mass is 16.5. The summed E-state index contributed by atoms with van der Waals surface area (Å²) in [4.78, 5) is 10.6. The fourth-order valence-corrected chi connectivity index (χ4v) is 1.66. The Morgan fingerprint density at radius 2 is 2.32 bits per heavy atom. The van der Waals surface area contributed by atoms with Gasteiger partial charge in [-0.25, -0.2) is 4.68 Å². The van der Waals surface area contributed by atoms with Crippen molar-refractivity contribution in [1.29, 1.82) is 0 Å². The van der Waals surface area contributed by atoms with Crippen molar-refractivity contribution >= 4 is 5.97 Å². The zero-order chi connectivity index (χ0) is 13.7. The highest BCUT2D eigenvalue weighted by Gasteiger charge is 2.10. The summed E-state index contributed by atoms with van der Waals surface area (Å²) in [7, 11) is 0. The number of rotatable bonds is 6. The Hall–Kier alpha value is -2.44. The second-order valence-electron chi connectivity index (χ2n) is 3.83. The number of tetrazole rings is 1. The average Bonchev–Trinajstić information content (AvgIpc) is 2.85. The van der Waals surface area contributed by atoms with Gasteiger partial charge >= 0.3 is 5.97 Å². The van der Waals surface area contributed by atoms with Crippen LogP contribution in [0.5, 0.6) is 5.75 Å². The highest BCUT2D eigenvalue weighted by Crippen LogP contribution is 2.21. The van der Waals surface area contributed by atoms with Crippen LogP contribution in [0, 0.1) is 0 Å². The molecule has 7 heteroatoms. The van der Waals surface area contributed by atoms with E-state index in [1.165, 1.54) is 4.68 Å². The van der Waals surface area contributed by atoms with E-state index in [0.29, 0.717) is 12.4 Å². The molecule has 1 aromatic carbocycles. The number of benzene rings is 1. The van der Waals surface area contributed by atoms with Gasteiger partial charge in [0.2, 0.25) is 0 Å². The summed E-state index contributed by atoms with van der Waals surface area (Å²) in [5, 5.41) is 20.0. The quantitative estimate of drug-likeness (QED) is 0.841. The molecule has 0 aliphatic heterocycles. The maximum Gasteiger partial charge on any atom is 0.305 e. The molecule has 0 aliphatic rings. The lowest BCUT2D eigenvalue weighted by Crippen LogP contribution is -2.07. The lowest BCUT2D eigenvalue weighted by Gasteiger charge is -2.06. The molecule has 0 atom stereocenters. The molecule has 0 amide bonds. The van der Waals surface area contributed by atoms with Crippen LogP contribution < -0.4 is 4.74 Å². The van der Waals surface area contributed by atoms with E-state index in [4.69, 9.17) is 9.84 Å². The van der Waals surface area contributed by atoms with E-state index < -0.39 is 5.97 Å². The summed E-state index contributed by atoms with van der Waals surface area (Å²) in [6.45, 7) is 2.72. The first kappa shape index (κ1) is 13.0. The molecule has 0 fully saturated rings. The Kier molecular flexibility index (Phi) is 4.07. The molecule has 2 aromatic rings. The summed E-state index contributed by atoms with van der Waals surface area (Å²) in [6, 6.07) is 7.37. The van der Waals surface area contributed by atoms with Crippen LogP contribution >= 0.6 is 0 Å². The molecule has 0 unspecified atom stereocenters. The summed E-state index contributed by atoms with van der Waals surface area (Å²) < 4.78 is 6.88. The Bertz CT molecular complexity index is 568. The van der Waals surface area contributed by atoms with Crippen molar-refractivity contribution in [2.75, 3.05) is 6.61 Å². The van der Waals surface area contributed by atoms with Gasteiger partial charge in [-0.05, 0) is 29.5 Å². The SMILES string of the molecule is CCOc1cccc(-c2nnnn2CCC(=O)O)c1. The molecule has 19 heavy (non-hydrogen) atoms. The molecule has 0 radical (unpaired) electrons. The summed E-state index contributed by atoms with van der Waals surface area (Å²) in [5.41, 5.74) is 0.793. The summed E-state index contributed by atoms with van der Waals surface area (Å²) in [5.74, 6) is 0.375. The lowest BCUT2D eigenvalue weighted by atomic mass is 10.2. The van der Waals surface area contributed by atoms with Gasteiger partial charge < -0.3 is 9.84 Å². The Labute approximate surface area is 109 Å². The van der Waals surface area contributed by atoms with Gasteiger partial charge in [0, 0.05) is 5.56 Å². The number of carbonyl (C=O) groups is 1. The van der Waals surface area contributed by atoms with Crippen LogP contribution in [0.2, 0.25) is 0 Å². The van der Waals surface area contributed by atoms with Gasteiger partial charge in [-0.15, -0.1) is 5.10 Å².